The van der Waals surface area contributed by atoms with Crippen molar-refractivity contribution in [2.24, 2.45) is 11.7 Å². The van der Waals surface area contributed by atoms with Gasteiger partial charge in [-0.3, -0.25) is 0 Å². The first-order chi connectivity index (χ1) is 8.65. The van der Waals surface area contributed by atoms with Gasteiger partial charge in [0.15, 0.2) is 0 Å². The molecule has 1 aliphatic rings. The van der Waals surface area contributed by atoms with Crippen molar-refractivity contribution >= 4 is 17.2 Å². The topological polar surface area (TPSA) is 35.2 Å². The van der Waals surface area contributed by atoms with Gasteiger partial charge in [-0.05, 0) is 43.2 Å². The van der Waals surface area contributed by atoms with Crippen LogP contribution in [0.1, 0.15) is 43.7 Å². The van der Waals surface area contributed by atoms with Gasteiger partial charge in [-0.1, -0.05) is 37.3 Å². The highest BCUT2D eigenvalue weighted by molar-refractivity contribution is 7.80. The maximum absolute atomic E-state index is 5.97. The zero-order valence-electron chi connectivity index (χ0n) is 10.9. The van der Waals surface area contributed by atoms with Gasteiger partial charge < -0.3 is 10.5 Å². The lowest BCUT2D eigenvalue weighted by molar-refractivity contribution is 0.00877. The van der Waals surface area contributed by atoms with Gasteiger partial charge in [-0.25, -0.2) is 0 Å². The van der Waals surface area contributed by atoms with Crippen molar-refractivity contribution in [2.45, 2.75) is 45.3 Å². The number of ether oxygens (including phenoxy) is 1. The number of nitrogens with two attached hydrogens (primary N) is 1. The van der Waals surface area contributed by atoms with Gasteiger partial charge in [0.1, 0.15) is 4.99 Å². The fraction of sp³-hybridized carbons (Fsp3) is 0.533. The van der Waals surface area contributed by atoms with E-state index in [2.05, 4.69) is 13.0 Å². The Morgan fingerprint density at radius 2 is 2.06 bits per heavy atom. The second kappa shape index (κ2) is 6.30. The zero-order valence-corrected chi connectivity index (χ0v) is 11.7. The van der Waals surface area contributed by atoms with Crippen molar-refractivity contribution < 1.29 is 4.74 Å². The molecule has 0 bridgehead atoms. The number of rotatable bonds is 4. The van der Waals surface area contributed by atoms with Crippen LogP contribution in [-0.4, -0.2) is 11.1 Å². The van der Waals surface area contributed by atoms with Gasteiger partial charge in [0.05, 0.1) is 12.7 Å². The minimum atomic E-state index is 0.426. The SMILES string of the molecule is CC1CCC(OCc2cccc(C(N)=S)c2)CC1. The summed E-state index contributed by atoms with van der Waals surface area (Å²) in [5.41, 5.74) is 7.70. The minimum absolute atomic E-state index is 0.426. The molecule has 0 amide bonds. The van der Waals surface area contributed by atoms with Crippen molar-refractivity contribution in [3.05, 3.63) is 35.4 Å². The Morgan fingerprint density at radius 3 is 2.72 bits per heavy atom. The highest BCUT2D eigenvalue weighted by Crippen LogP contribution is 2.26. The second-order valence-electron chi connectivity index (χ2n) is 5.26. The molecule has 0 aliphatic heterocycles. The average molecular weight is 263 g/mol. The predicted octanol–water partition coefficient (Wildman–Crippen LogP) is 3.42. The van der Waals surface area contributed by atoms with E-state index >= 15 is 0 Å². The van der Waals surface area contributed by atoms with Crippen molar-refractivity contribution in [3.63, 3.8) is 0 Å². The van der Waals surface area contributed by atoms with Crippen LogP contribution in [0.15, 0.2) is 24.3 Å². The number of hydrogen-bond acceptors (Lipinski definition) is 2. The van der Waals surface area contributed by atoms with Crippen LogP contribution in [0.3, 0.4) is 0 Å². The van der Waals surface area contributed by atoms with Crippen molar-refractivity contribution in [2.75, 3.05) is 0 Å². The third-order valence-corrected chi connectivity index (χ3v) is 3.90. The van der Waals surface area contributed by atoms with Crippen molar-refractivity contribution in [3.8, 4) is 0 Å². The van der Waals surface area contributed by atoms with Crippen LogP contribution in [-0.2, 0) is 11.3 Å². The Kier molecular flexibility index (Phi) is 4.72. The minimum Gasteiger partial charge on any atom is -0.389 e. The first kappa shape index (κ1) is 13.5. The Labute approximate surface area is 115 Å². The van der Waals surface area contributed by atoms with Crippen LogP contribution in [0.5, 0.6) is 0 Å². The molecular formula is C15H21NOS. The van der Waals surface area contributed by atoms with Crippen LogP contribution >= 0.6 is 12.2 Å². The lowest BCUT2D eigenvalue weighted by atomic mass is 9.89. The molecule has 0 radical (unpaired) electrons. The molecule has 2 rings (SSSR count). The van der Waals surface area contributed by atoms with Gasteiger partial charge >= 0.3 is 0 Å². The molecule has 0 spiro atoms. The third-order valence-electron chi connectivity index (χ3n) is 3.66. The summed E-state index contributed by atoms with van der Waals surface area (Å²) in [4.78, 5) is 0.448. The normalized spacial score (nSPS) is 23.8. The summed E-state index contributed by atoms with van der Waals surface area (Å²) in [5, 5.41) is 0. The van der Waals surface area contributed by atoms with E-state index in [1.165, 1.54) is 25.7 Å². The Morgan fingerprint density at radius 1 is 1.33 bits per heavy atom. The molecule has 1 saturated carbocycles. The molecule has 1 aromatic carbocycles. The molecule has 1 fully saturated rings. The van der Waals surface area contributed by atoms with E-state index in [9.17, 15) is 0 Å². The predicted molar refractivity (Wildman–Crippen MR) is 78.5 cm³/mol. The maximum atomic E-state index is 5.97. The molecule has 2 N–H and O–H groups in total. The molecule has 0 heterocycles. The molecule has 0 atom stereocenters. The summed E-state index contributed by atoms with van der Waals surface area (Å²) in [5.74, 6) is 0.864. The largest absolute Gasteiger partial charge is 0.389 e. The summed E-state index contributed by atoms with van der Waals surface area (Å²) in [6, 6.07) is 8.01. The third kappa shape index (κ3) is 3.79. The standard InChI is InChI=1S/C15H21NOS/c1-11-5-7-14(8-6-11)17-10-12-3-2-4-13(9-12)15(16)18/h2-4,9,11,14H,5-8,10H2,1H3,(H2,16,18). The van der Waals surface area contributed by atoms with E-state index in [1.807, 2.05) is 18.2 Å². The van der Waals surface area contributed by atoms with Gasteiger partial charge in [0.25, 0.3) is 0 Å². The summed E-state index contributed by atoms with van der Waals surface area (Å²) in [7, 11) is 0. The van der Waals surface area contributed by atoms with E-state index in [-0.39, 0.29) is 0 Å². The zero-order chi connectivity index (χ0) is 13.0. The van der Waals surface area contributed by atoms with E-state index in [4.69, 9.17) is 22.7 Å². The van der Waals surface area contributed by atoms with Gasteiger partial charge in [-0.2, -0.15) is 0 Å². The molecule has 0 aromatic heterocycles. The highest BCUT2D eigenvalue weighted by Gasteiger charge is 2.18. The molecule has 2 nitrogen and oxygen atoms in total. The highest BCUT2D eigenvalue weighted by atomic mass is 32.1. The molecular weight excluding hydrogens is 242 g/mol. The van der Waals surface area contributed by atoms with E-state index in [0.717, 1.165) is 17.0 Å². The first-order valence-corrected chi connectivity index (χ1v) is 7.06. The van der Waals surface area contributed by atoms with Crippen LogP contribution < -0.4 is 5.73 Å². The van der Waals surface area contributed by atoms with E-state index in [1.54, 1.807) is 0 Å². The molecule has 98 valence electrons. The van der Waals surface area contributed by atoms with Crippen molar-refractivity contribution in [1.82, 2.24) is 0 Å². The second-order valence-corrected chi connectivity index (χ2v) is 5.70. The van der Waals surface area contributed by atoms with Crippen LogP contribution in [0.25, 0.3) is 0 Å². The van der Waals surface area contributed by atoms with Gasteiger partial charge in [0.2, 0.25) is 0 Å². The fourth-order valence-electron chi connectivity index (χ4n) is 2.42. The van der Waals surface area contributed by atoms with Crippen LogP contribution in [0.2, 0.25) is 0 Å². The molecule has 1 aromatic rings. The average Bonchev–Trinajstić information content (AvgIpc) is 2.38. The Hall–Kier alpha value is -0.930. The van der Waals surface area contributed by atoms with E-state index in [0.29, 0.717) is 17.7 Å². The first-order valence-electron chi connectivity index (χ1n) is 6.65. The van der Waals surface area contributed by atoms with Crippen molar-refractivity contribution in [1.29, 1.82) is 0 Å². The number of benzene rings is 1. The quantitative estimate of drug-likeness (QED) is 0.845. The van der Waals surface area contributed by atoms with Crippen LogP contribution in [0.4, 0.5) is 0 Å². The summed E-state index contributed by atoms with van der Waals surface area (Å²) < 4.78 is 5.97. The van der Waals surface area contributed by atoms with E-state index < -0.39 is 0 Å². The molecule has 18 heavy (non-hydrogen) atoms. The lowest BCUT2D eigenvalue weighted by Crippen LogP contribution is -2.20. The maximum Gasteiger partial charge on any atom is 0.103 e. The summed E-state index contributed by atoms with van der Waals surface area (Å²) >= 11 is 4.98. The molecule has 0 saturated heterocycles. The lowest BCUT2D eigenvalue weighted by Gasteiger charge is -2.26. The van der Waals surface area contributed by atoms with Crippen LogP contribution in [0, 0.1) is 5.92 Å². The summed E-state index contributed by atoms with van der Waals surface area (Å²) in [6.45, 7) is 2.98. The number of thiocarbonyl (C=S) groups is 1. The Bertz CT molecular complexity index is 411. The smallest absolute Gasteiger partial charge is 0.103 e. The monoisotopic (exact) mass is 263 g/mol. The number of hydrogen-bond donors (Lipinski definition) is 1. The summed E-state index contributed by atoms with van der Waals surface area (Å²) in [6.07, 6.45) is 5.39. The van der Waals surface area contributed by atoms with Gasteiger partial charge in [0, 0.05) is 5.56 Å². The fourth-order valence-corrected chi connectivity index (χ4v) is 2.55. The van der Waals surface area contributed by atoms with Gasteiger partial charge in [-0.15, -0.1) is 0 Å². The molecule has 0 unspecified atom stereocenters. The molecule has 1 aliphatic carbocycles. The Balaban J connectivity index is 1.86. The molecule has 3 heteroatoms.